The van der Waals surface area contributed by atoms with Gasteiger partial charge in [-0.3, -0.25) is 9.88 Å². The third-order valence-corrected chi connectivity index (χ3v) is 3.12. The maximum atomic E-state index is 5.82. The van der Waals surface area contributed by atoms with Gasteiger partial charge in [-0.2, -0.15) is 0 Å². The predicted octanol–water partition coefficient (Wildman–Crippen LogP) is 2.59. The summed E-state index contributed by atoms with van der Waals surface area (Å²) < 4.78 is 0. The average Bonchev–Trinajstić information content (AvgIpc) is 2.32. The van der Waals surface area contributed by atoms with Crippen LogP contribution in [0.5, 0.6) is 0 Å². The summed E-state index contributed by atoms with van der Waals surface area (Å²) in [5, 5.41) is 0. The minimum absolute atomic E-state index is 0.174. The molecule has 0 aromatic carbocycles. The van der Waals surface area contributed by atoms with Gasteiger partial charge in [0.05, 0.1) is 0 Å². The van der Waals surface area contributed by atoms with Crippen molar-refractivity contribution in [2.75, 3.05) is 19.6 Å². The van der Waals surface area contributed by atoms with Crippen molar-refractivity contribution in [1.82, 2.24) is 9.88 Å². The Kier molecular flexibility index (Phi) is 5.76. The molecule has 0 bridgehead atoms. The van der Waals surface area contributed by atoms with Crippen LogP contribution in [0.2, 0.25) is 0 Å². The van der Waals surface area contributed by atoms with Crippen molar-refractivity contribution >= 4 is 0 Å². The number of aromatic nitrogens is 1. The third-order valence-electron chi connectivity index (χ3n) is 3.12. The average molecular weight is 249 g/mol. The van der Waals surface area contributed by atoms with Crippen molar-refractivity contribution in [2.24, 2.45) is 11.1 Å². The Morgan fingerprint density at radius 3 is 2.56 bits per heavy atom. The summed E-state index contributed by atoms with van der Waals surface area (Å²) in [4.78, 5) is 6.83. The van der Waals surface area contributed by atoms with Crippen LogP contribution in [0.25, 0.3) is 0 Å². The summed E-state index contributed by atoms with van der Waals surface area (Å²) in [5.74, 6) is 0. The highest BCUT2D eigenvalue weighted by molar-refractivity contribution is 5.13. The van der Waals surface area contributed by atoms with Gasteiger partial charge in [0.1, 0.15) is 0 Å². The molecule has 0 amide bonds. The van der Waals surface area contributed by atoms with E-state index < -0.39 is 0 Å². The summed E-state index contributed by atoms with van der Waals surface area (Å²) in [6.45, 7) is 12.5. The van der Waals surface area contributed by atoms with Crippen molar-refractivity contribution in [3.05, 3.63) is 29.6 Å². The molecular weight excluding hydrogens is 222 g/mol. The second-order valence-electron chi connectivity index (χ2n) is 5.89. The van der Waals surface area contributed by atoms with Crippen molar-refractivity contribution in [3.63, 3.8) is 0 Å². The van der Waals surface area contributed by atoms with Gasteiger partial charge in [-0.15, -0.1) is 0 Å². The van der Waals surface area contributed by atoms with E-state index in [4.69, 9.17) is 5.73 Å². The minimum atomic E-state index is 0.174. The van der Waals surface area contributed by atoms with Gasteiger partial charge in [0.2, 0.25) is 0 Å². The van der Waals surface area contributed by atoms with Gasteiger partial charge in [-0.1, -0.05) is 26.8 Å². The van der Waals surface area contributed by atoms with E-state index in [1.807, 2.05) is 13.1 Å². The number of rotatable bonds is 7. The number of nitrogens with zero attached hydrogens (tertiary/aromatic N) is 2. The lowest BCUT2D eigenvalue weighted by Crippen LogP contribution is -2.38. The topological polar surface area (TPSA) is 42.2 Å². The molecule has 2 N–H and O–H groups in total. The monoisotopic (exact) mass is 249 g/mol. The fourth-order valence-electron chi connectivity index (χ4n) is 2.05. The molecule has 1 rings (SSSR count). The Labute approximate surface area is 111 Å². The Morgan fingerprint density at radius 2 is 2.06 bits per heavy atom. The third kappa shape index (κ3) is 5.15. The molecule has 3 heteroatoms. The second kappa shape index (κ2) is 6.86. The molecule has 0 atom stereocenters. The largest absolute Gasteiger partial charge is 0.330 e. The first kappa shape index (κ1) is 15.1. The van der Waals surface area contributed by atoms with Gasteiger partial charge < -0.3 is 5.73 Å². The molecule has 1 aromatic heterocycles. The lowest BCUT2D eigenvalue weighted by Gasteiger charge is -2.31. The highest BCUT2D eigenvalue weighted by Gasteiger charge is 2.19. The van der Waals surface area contributed by atoms with E-state index >= 15 is 0 Å². The molecule has 0 saturated carbocycles. The van der Waals surface area contributed by atoms with Crippen LogP contribution < -0.4 is 5.73 Å². The van der Waals surface area contributed by atoms with E-state index in [1.165, 1.54) is 12.0 Å². The maximum absolute atomic E-state index is 5.82. The standard InChI is InChI=1S/C15H27N3/c1-5-8-18(12-15(3,4)11-16)10-14-7-6-13(2)17-9-14/h6-7,9H,5,8,10-12,16H2,1-4H3. The fourth-order valence-corrected chi connectivity index (χ4v) is 2.05. The van der Waals surface area contributed by atoms with Crippen molar-refractivity contribution < 1.29 is 0 Å². The zero-order valence-electron chi connectivity index (χ0n) is 12.2. The molecule has 0 unspecified atom stereocenters. The van der Waals surface area contributed by atoms with Crippen molar-refractivity contribution in [1.29, 1.82) is 0 Å². The van der Waals surface area contributed by atoms with Gasteiger partial charge >= 0.3 is 0 Å². The molecule has 1 heterocycles. The molecule has 0 aliphatic carbocycles. The van der Waals surface area contributed by atoms with Gasteiger partial charge in [0.15, 0.2) is 0 Å². The maximum Gasteiger partial charge on any atom is 0.0372 e. The smallest absolute Gasteiger partial charge is 0.0372 e. The molecule has 0 aliphatic rings. The van der Waals surface area contributed by atoms with Crippen LogP contribution in [0, 0.1) is 12.3 Å². The molecule has 18 heavy (non-hydrogen) atoms. The van der Waals surface area contributed by atoms with Crippen LogP contribution in [0.3, 0.4) is 0 Å². The molecule has 0 fully saturated rings. The van der Waals surface area contributed by atoms with Gasteiger partial charge in [-0.25, -0.2) is 0 Å². The van der Waals surface area contributed by atoms with Crippen LogP contribution in [0.1, 0.15) is 38.4 Å². The quantitative estimate of drug-likeness (QED) is 0.807. The molecular formula is C15H27N3. The van der Waals surface area contributed by atoms with E-state index in [9.17, 15) is 0 Å². The zero-order valence-corrected chi connectivity index (χ0v) is 12.2. The van der Waals surface area contributed by atoms with E-state index in [2.05, 4.69) is 42.8 Å². The molecule has 0 radical (unpaired) electrons. The molecule has 0 saturated heterocycles. The second-order valence-corrected chi connectivity index (χ2v) is 5.89. The lowest BCUT2D eigenvalue weighted by atomic mass is 9.93. The SMILES string of the molecule is CCCN(Cc1ccc(C)nc1)CC(C)(C)CN. The highest BCUT2D eigenvalue weighted by Crippen LogP contribution is 2.17. The number of aryl methyl sites for hydroxylation is 1. The van der Waals surface area contributed by atoms with Crippen LogP contribution in [0.4, 0.5) is 0 Å². The van der Waals surface area contributed by atoms with Gasteiger partial charge in [0.25, 0.3) is 0 Å². The summed E-state index contributed by atoms with van der Waals surface area (Å²) in [6, 6.07) is 4.24. The predicted molar refractivity (Wildman–Crippen MR) is 77.4 cm³/mol. The molecule has 3 nitrogen and oxygen atoms in total. The van der Waals surface area contributed by atoms with Crippen LogP contribution in [0.15, 0.2) is 18.3 Å². The van der Waals surface area contributed by atoms with Gasteiger partial charge in [0, 0.05) is 25.0 Å². The molecule has 102 valence electrons. The summed E-state index contributed by atoms with van der Waals surface area (Å²) in [5.41, 5.74) is 8.35. The molecule has 0 aliphatic heterocycles. The van der Waals surface area contributed by atoms with E-state index in [-0.39, 0.29) is 5.41 Å². The summed E-state index contributed by atoms with van der Waals surface area (Å²) >= 11 is 0. The number of nitrogens with two attached hydrogens (primary N) is 1. The first-order valence-corrected chi connectivity index (χ1v) is 6.81. The van der Waals surface area contributed by atoms with Crippen molar-refractivity contribution in [2.45, 2.75) is 40.7 Å². The van der Waals surface area contributed by atoms with E-state index in [0.717, 1.165) is 31.9 Å². The summed E-state index contributed by atoms with van der Waals surface area (Å²) in [6.07, 6.45) is 3.15. The summed E-state index contributed by atoms with van der Waals surface area (Å²) in [7, 11) is 0. The van der Waals surface area contributed by atoms with Crippen LogP contribution >= 0.6 is 0 Å². The first-order chi connectivity index (χ1) is 8.46. The Balaban J connectivity index is 2.65. The molecule has 0 spiro atoms. The Bertz CT molecular complexity index is 343. The fraction of sp³-hybridized carbons (Fsp3) is 0.667. The number of pyridine rings is 1. The van der Waals surface area contributed by atoms with Gasteiger partial charge in [-0.05, 0) is 43.5 Å². The molecule has 1 aromatic rings. The minimum Gasteiger partial charge on any atom is -0.330 e. The van der Waals surface area contributed by atoms with E-state index in [1.54, 1.807) is 0 Å². The van der Waals surface area contributed by atoms with Crippen LogP contribution in [-0.4, -0.2) is 29.5 Å². The van der Waals surface area contributed by atoms with Crippen molar-refractivity contribution in [3.8, 4) is 0 Å². The lowest BCUT2D eigenvalue weighted by molar-refractivity contribution is 0.176. The first-order valence-electron chi connectivity index (χ1n) is 6.81. The normalized spacial score (nSPS) is 12.1. The Hall–Kier alpha value is -0.930. The Morgan fingerprint density at radius 1 is 1.33 bits per heavy atom. The zero-order chi connectivity index (χ0) is 13.6. The number of hydrogen-bond donors (Lipinski definition) is 1. The number of hydrogen-bond acceptors (Lipinski definition) is 3. The van der Waals surface area contributed by atoms with E-state index in [0.29, 0.717) is 0 Å². The highest BCUT2D eigenvalue weighted by atomic mass is 15.1. The van der Waals surface area contributed by atoms with Crippen LogP contribution in [-0.2, 0) is 6.54 Å².